The largest absolute Gasteiger partial charge is 0.382 e. The molecule has 1 spiro atoms. The maximum atomic E-state index is 11.1. The van der Waals surface area contributed by atoms with E-state index in [-0.39, 0.29) is 11.3 Å². The summed E-state index contributed by atoms with van der Waals surface area (Å²) in [5, 5.41) is 13.5. The number of carbonyl (C=O) groups is 1. The van der Waals surface area contributed by atoms with Crippen LogP contribution in [-0.2, 0) is 4.79 Å². The van der Waals surface area contributed by atoms with E-state index in [1.54, 1.807) is 0 Å². The summed E-state index contributed by atoms with van der Waals surface area (Å²) in [4.78, 5) is 11.1. The summed E-state index contributed by atoms with van der Waals surface area (Å²) in [6, 6.07) is 0. The van der Waals surface area contributed by atoms with Crippen LogP contribution >= 0.6 is 0 Å². The molecule has 12 heavy (non-hydrogen) atoms. The number of aliphatic hydroxyl groups excluding tert-OH is 1. The van der Waals surface area contributed by atoms with Crippen molar-refractivity contribution < 1.29 is 9.90 Å². The highest BCUT2D eigenvalue weighted by atomic mass is 16.3. The molecule has 1 fully saturated rings. The van der Waals surface area contributed by atoms with Crippen LogP contribution in [-0.4, -0.2) is 22.8 Å². The third-order valence-corrected chi connectivity index (χ3v) is 3.07. The van der Waals surface area contributed by atoms with Gasteiger partial charge in [0.15, 0.2) is 0 Å². The number of carbonyl (C=O) groups excluding carboxylic acids is 1. The molecule has 1 amide bonds. The summed E-state index contributed by atoms with van der Waals surface area (Å²) in [5.41, 5.74) is 2.85. The molecule has 1 aliphatic heterocycles. The zero-order chi connectivity index (χ0) is 8.77. The van der Waals surface area contributed by atoms with Crippen molar-refractivity contribution in [3.8, 4) is 0 Å². The molecule has 4 heteroatoms. The minimum absolute atomic E-state index is 0.317. The van der Waals surface area contributed by atoms with E-state index < -0.39 is 6.10 Å². The Balaban J connectivity index is 2.34. The van der Waals surface area contributed by atoms with E-state index in [1.165, 1.54) is 0 Å². The summed E-state index contributed by atoms with van der Waals surface area (Å²) in [6.07, 6.45) is 1.97. The molecule has 66 valence electrons. The lowest BCUT2D eigenvalue weighted by molar-refractivity contribution is -0.138. The number of hydrogen-bond donors (Lipinski definition) is 2. The fourth-order valence-corrected chi connectivity index (χ4v) is 1.95. The minimum Gasteiger partial charge on any atom is -0.382 e. The fraction of sp³-hybridized carbons (Fsp3) is 0.750. The monoisotopic (exact) mass is 168 g/mol. The molecular weight excluding hydrogens is 156 g/mol. The normalized spacial score (nSPS) is 32.3. The van der Waals surface area contributed by atoms with Gasteiger partial charge in [-0.25, -0.2) is 5.43 Å². The molecule has 4 nitrogen and oxygen atoms in total. The first-order chi connectivity index (χ1) is 5.67. The number of rotatable bonds is 0. The number of aliphatic hydroxyl groups is 1. The Kier molecular flexibility index (Phi) is 1.48. The molecule has 1 aliphatic carbocycles. The molecular formula is C8H12N2O2. The Hall–Kier alpha value is -0.900. The van der Waals surface area contributed by atoms with E-state index in [4.69, 9.17) is 0 Å². The summed E-state index contributed by atoms with van der Waals surface area (Å²) >= 11 is 0. The fourth-order valence-electron chi connectivity index (χ4n) is 1.95. The Morgan fingerprint density at radius 2 is 2.33 bits per heavy atom. The van der Waals surface area contributed by atoms with E-state index in [0.717, 1.165) is 25.0 Å². The molecule has 0 aromatic rings. The van der Waals surface area contributed by atoms with Crippen LogP contribution in [0.25, 0.3) is 0 Å². The van der Waals surface area contributed by atoms with Crippen LogP contribution in [0.3, 0.4) is 0 Å². The lowest BCUT2D eigenvalue weighted by Crippen LogP contribution is -2.57. The van der Waals surface area contributed by atoms with Crippen molar-refractivity contribution in [2.45, 2.75) is 32.3 Å². The van der Waals surface area contributed by atoms with Crippen molar-refractivity contribution in [1.29, 1.82) is 0 Å². The maximum Gasteiger partial charge on any atom is 0.269 e. The summed E-state index contributed by atoms with van der Waals surface area (Å²) in [6.45, 7) is 1.86. The zero-order valence-electron chi connectivity index (χ0n) is 7.00. The molecule has 2 N–H and O–H groups in total. The van der Waals surface area contributed by atoms with Gasteiger partial charge in [-0.05, 0) is 19.8 Å². The van der Waals surface area contributed by atoms with Gasteiger partial charge in [0.25, 0.3) is 5.91 Å². The molecule has 1 saturated carbocycles. The van der Waals surface area contributed by atoms with Crippen LogP contribution in [0.2, 0.25) is 0 Å². The van der Waals surface area contributed by atoms with E-state index in [0.29, 0.717) is 0 Å². The van der Waals surface area contributed by atoms with Gasteiger partial charge in [-0.2, -0.15) is 5.10 Å². The van der Waals surface area contributed by atoms with Crippen molar-refractivity contribution in [3.63, 3.8) is 0 Å². The summed E-state index contributed by atoms with van der Waals surface area (Å²) in [7, 11) is 0. The molecule has 0 aromatic heterocycles. The van der Waals surface area contributed by atoms with Crippen LogP contribution in [0, 0.1) is 5.41 Å². The van der Waals surface area contributed by atoms with Crippen molar-refractivity contribution in [2.24, 2.45) is 10.5 Å². The molecule has 0 saturated heterocycles. The number of nitrogens with zero attached hydrogens (tertiary/aromatic N) is 1. The van der Waals surface area contributed by atoms with Gasteiger partial charge in [0.1, 0.15) is 6.10 Å². The number of amides is 1. The van der Waals surface area contributed by atoms with Gasteiger partial charge in [-0.15, -0.1) is 0 Å². The second kappa shape index (κ2) is 2.29. The van der Waals surface area contributed by atoms with Gasteiger partial charge >= 0.3 is 0 Å². The molecule has 1 atom stereocenters. The van der Waals surface area contributed by atoms with Crippen LogP contribution in [0.15, 0.2) is 5.10 Å². The number of hydrazone groups is 1. The van der Waals surface area contributed by atoms with Crippen molar-refractivity contribution in [2.75, 3.05) is 0 Å². The van der Waals surface area contributed by atoms with Gasteiger partial charge < -0.3 is 5.11 Å². The smallest absolute Gasteiger partial charge is 0.269 e. The van der Waals surface area contributed by atoms with Gasteiger partial charge in [0.05, 0.1) is 0 Å². The molecule has 1 unspecified atom stereocenters. The van der Waals surface area contributed by atoms with Crippen molar-refractivity contribution in [1.82, 2.24) is 5.43 Å². The minimum atomic E-state index is -0.885. The predicted molar refractivity (Wildman–Crippen MR) is 43.5 cm³/mol. The quantitative estimate of drug-likeness (QED) is 0.535. The first kappa shape index (κ1) is 7.73. The van der Waals surface area contributed by atoms with E-state index >= 15 is 0 Å². The zero-order valence-corrected chi connectivity index (χ0v) is 7.00. The number of nitrogens with one attached hydrogen (secondary N) is 1. The maximum absolute atomic E-state index is 11.1. The highest BCUT2D eigenvalue weighted by Crippen LogP contribution is 2.46. The summed E-state index contributed by atoms with van der Waals surface area (Å²) in [5.74, 6) is -0.361. The molecule has 1 heterocycles. The molecule has 0 radical (unpaired) electrons. The summed E-state index contributed by atoms with van der Waals surface area (Å²) < 4.78 is 0. The molecule has 0 aromatic carbocycles. The highest BCUT2D eigenvalue weighted by Gasteiger charge is 2.51. The number of hydrogen-bond acceptors (Lipinski definition) is 3. The van der Waals surface area contributed by atoms with Gasteiger partial charge in [0.2, 0.25) is 0 Å². The average Bonchev–Trinajstić information content (AvgIpc) is 1.95. The predicted octanol–water partition coefficient (Wildman–Crippen LogP) is 0.0233. The van der Waals surface area contributed by atoms with E-state index in [9.17, 15) is 9.90 Å². The van der Waals surface area contributed by atoms with Crippen molar-refractivity contribution >= 4 is 11.6 Å². The first-order valence-corrected chi connectivity index (χ1v) is 4.19. The molecule has 0 bridgehead atoms. The highest BCUT2D eigenvalue weighted by molar-refractivity contribution is 5.99. The van der Waals surface area contributed by atoms with Crippen LogP contribution < -0.4 is 5.43 Å². The van der Waals surface area contributed by atoms with Gasteiger partial charge in [0, 0.05) is 11.1 Å². The van der Waals surface area contributed by atoms with Crippen LogP contribution in [0.1, 0.15) is 26.2 Å². The Morgan fingerprint density at radius 3 is 2.75 bits per heavy atom. The second-order valence-corrected chi connectivity index (χ2v) is 3.59. The van der Waals surface area contributed by atoms with E-state index in [1.807, 2.05) is 6.92 Å². The lowest BCUT2D eigenvalue weighted by Gasteiger charge is -2.46. The average molecular weight is 168 g/mol. The Morgan fingerprint density at radius 1 is 1.67 bits per heavy atom. The second-order valence-electron chi connectivity index (χ2n) is 3.59. The van der Waals surface area contributed by atoms with Crippen LogP contribution in [0.4, 0.5) is 0 Å². The van der Waals surface area contributed by atoms with Gasteiger partial charge in [-0.3, -0.25) is 4.79 Å². The molecule has 2 aliphatic rings. The topological polar surface area (TPSA) is 61.7 Å². The Bertz CT molecular complexity index is 256. The third kappa shape index (κ3) is 0.756. The lowest BCUT2D eigenvalue weighted by atomic mass is 9.62. The van der Waals surface area contributed by atoms with E-state index in [2.05, 4.69) is 10.5 Å². The SMILES string of the molecule is CC1=NNC(=O)C(O)C12CCC2. The van der Waals surface area contributed by atoms with Crippen molar-refractivity contribution in [3.05, 3.63) is 0 Å². The van der Waals surface area contributed by atoms with Gasteiger partial charge in [-0.1, -0.05) is 6.42 Å². The third-order valence-electron chi connectivity index (χ3n) is 3.07. The Labute approximate surface area is 70.7 Å². The molecule has 2 rings (SSSR count). The van der Waals surface area contributed by atoms with Crippen LogP contribution in [0.5, 0.6) is 0 Å². The first-order valence-electron chi connectivity index (χ1n) is 4.19. The standard InChI is InChI=1S/C8H12N2O2/c1-5-8(3-2-4-8)6(11)7(12)10-9-5/h6,11H,2-4H2,1H3,(H,10,12).